The van der Waals surface area contributed by atoms with Gasteiger partial charge in [0.05, 0.1) is 0 Å². The second-order valence-electron chi connectivity index (χ2n) is 5.55. The normalized spacial score (nSPS) is 27.2. The molecule has 1 atom stereocenters. The Labute approximate surface area is 105 Å². The molecule has 1 aliphatic heterocycles. The highest BCUT2D eigenvalue weighted by atomic mass is 35.6. The first-order valence-corrected chi connectivity index (χ1v) is 12.6. The van der Waals surface area contributed by atoms with Gasteiger partial charge in [-0.3, -0.25) is 0 Å². The maximum atomic E-state index is 7.05. The smallest absolute Gasteiger partial charge is 0.254 e. The van der Waals surface area contributed by atoms with Crippen molar-refractivity contribution in [1.29, 1.82) is 0 Å². The lowest BCUT2D eigenvalue weighted by atomic mass is 10.4. The van der Waals surface area contributed by atoms with Crippen molar-refractivity contribution >= 4 is 32.0 Å². The molecule has 1 aromatic carbocycles. The zero-order valence-electron chi connectivity index (χ0n) is 10.3. The first-order chi connectivity index (χ1) is 7.44. The SMILES string of the molecule is C[Si](C)(C)N1CCC[Si]1(Cl)c1ccccc1. The molecule has 1 heterocycles. The van der Waals surface area contributed by atoms with E-state index in [0.717, 1.165) is 0 Å². The molecule has 0 aromatic heterocycles. The summed E-state index contributed by atoms with van der Waals surface area (Å²) < 4.78 is 2.69. The first kappa shape index (κ1) is 12.4. The van der Waals surface area contributed by atoms with Crippen molar-refractivity contribution < 1.29 is 0 Å². The Kier molecular flexibility index (Phi) is 3.32. The Hall–Kier alpha value is -0.0962. The van der Waals surface area contributed by atoms with Gasteiger partial charge in [-0.05, 0) is 24.2 Å². The number of hydrogen-bond donors (Lipinski definition) is 0. The van der Waals surface area contributed by atoms with Crippen LogP contribution in [0.5, 0.6) is 0 Å². The zero-order valence-corrected chi connectivity index (χ0v) is 13.1. The fourth-order valence-corrected chi connectivity index (χ4v) is 14.5. The Morgan fingerprint density at radius 3 is 2.38 bits per heavy atom. The standard InChI is InChI=1S/C12H20ClNSi2/c1-15(2,3)14-10-7-11-16(14,13)12-8-5-4-6-9-12/h4-6,8-9H,7,10-11H2,1-3H3. The van der Waals surface area contributed by atoms with Crippen LogP contribution in [0.1, 0.15) is 6.42 Å². The average molecular weight is 270 g/mol. The lowest BCUT2D eigenvalue weighted by Gasteiger charge is -2.40. The van der Waals surface area contributed by atoms with Gasteiger partial charge >= 0.3 is 0 Å². The van der Waals surface area contributed by atoms with Crippen molar-refractivity contribution in [3.63, 3.8) is 0 Å². The van der Waals surface area contributed by atoms with Crippen LogP contribution in [0.25, 0.3) is 0 Å². The van der Waals surface area contributed by atoms with E-state index in [9.17, 15) is 0 Å². The maximum absolute atomic E-state index is 7.05. The summed E-state index contributed by atoms with van der Waals surface area (Å²) in [5.74, 6) is 0. The van der Waals surface area contributed by atoms with Gasteiger partial charge in [-0.25, -0.2) is 0 Å². The molecule has 0 radical (unpaired) electrons. The Morgan fingerprint density at radius 2 is 1.81 bits per heavy atom. The van der Waals surface area contributed by atoms with Gasteiger partial charge in [-0.15, -0.1) is 11.1 Å². The molecule has 88 valence electrons. The van der Waals surface area contributed by atoms with E-state index < -0.39 is 15.8 Å². The topological polar surface area (TPSA) is 3.24 Å². The van der Waals surface area contributed by atoms with E-state index in [0.29, 0.717) is 0 Å². The van der Waals surface area contributed by atoms with Crippen molar-refractivity contribution in [1.82, 2.24) is 4.23 Å². The van der Waals surface area contributed by atoms with Gasteiger partial charge in [0.2, 0.25) is 0 Å². The molecule has 1 saturated heterocycles. The molecule has 4 heteroatoms. The third kappa shape index (κ3) is 2.14. The number of rotatable bonds is 2. The molecule has 1 unspecified atom stereocenters. The predicted molar refractivity (Wildman–Crippen MR) is 77.2 cm³/mol. The number of nitrogens with zero attached hydrogens (tertiary/aromatic N) is 1. The molecule has 0 saturated carbocycles. The van der Waals surface area contributed by atoms with Crippen LogP contribution < -0.4 is 5.19 Å². The molecule has 0 aliphatic carbocycles. The number of halogens is 1. The summed E-state index contributed by atoms with van der Waals surface area (Å²) in [6.45, 7) is 8.43. The van der Waals surface area contributed by atoms with E-state index in [4.69, 9.17) is 11.1 Å². The highest BCUT2D eigenvalue weighted by Crippen LogP contribution is 2.33. The van der Waals surface area contributed by atoms with Crippen LogP contribution in [-0.4, -0.2) is 26.6 Å². The van der Waals surface area contributed by atoms with E-state index in [-0.39, 0.29) is 0 Å². The summed E-state index contributed by atoms with van der Waals surface area (Å²) in [6, 6.07) is 12.0. The van der Waals surface area contributed by atoms with E-state index in [1.54, 1.807) is 0 Å². The van der Waals surface area contributed by atoms with E-state index in [1.807, 2.05) is 0 Å². The quantitative estimate of drug-likeness (QED) is 0.589. The first-order valence-electron chi connectivity index (χ1n) is 5.97. The van der Waals surface area contributed by atoms with E-state index in [1.165, 1.54) is 24.2 Å². The third-order valence-corrected chi connectivity index (χ3v) is 13.9. The van der Waals surface area contributed by atoms with Crippen molar-refractivity contribution in [3.8, 4) is 0 Å². The predicted octanol–water partition coefficient (Wildman–Crippen LogP) is 3.12. The number of benzene rings is 1. The molecule has 0 amide bonds. The molecule has 2 rings (SSSR count). The molecular formula is C12H20ClNSi2. The summed E-state index contributed by atoms with van der Waals surface area (Å²) in [5, 5.41) is 1.40. The summed E-state index contributed by atoms with van der Waals surface area (Å²) in [7, 11) is -3.14. The third-order valence-electron chi connectivity index (χ3n) is 3.34. The highest BCUT2D eigenvalue weighted by Gasteiger charge is 2.48. The van der Waals surface area contributed by atoms with Gasteiger partial charge < -0.3 is 4.23 Å². The van der Waals surface area contributed by atoms with Crippen molar-refractivity contribution in [3.05, 3.63) is 30.3 Å². The molecule has 0 bridgehead atoms. The van der Waals surface area contributed by atoms with Crippen LogP contribution >= 0.6 is 11.1 Å². The molecule has 1 fully saturated rings. The molecule has 1 aromatic rings. The average Bonchev–Trinajstić information content (AvgIpc) is 2.63. The van der Waals surface area contributed by atoms with Gasteiger partial charge in [-0.1, -0.05) is 50.0 Å². The maximum Gasteiger partial charge on any atom is 0.254 e. The fourth-order valence-electron chi connectivity index (χ4n) is 2.64. The van der Waals surface area contributed by atoms with E-state index >= 15 is 0 Å². The minimum Gasteiger partial charge on any atom is -0.330 e. The van der Waals surface area contributed by atoms with Crippen LogP contribution in [0.3, 0.4) is 0 Å². The minimum atomic E-state index is -1.86. The molecular weight excluding hydrogens is 250 g/mol. The van der Waals surface area contributed by atoms with Gasteiger partial charge in [0.1, 0.15) is 8.24 Å². The van der Waals surface area contributed by atoms with Crippen molar-refractivity contribution in [2.24, 2.45) is 0 Å². The van der Waals surface area contributed by atoms with Crippen LogP contribution in [0.4, 0.5) is 0 Å². The highest BCUT2D eigenvalue weighted by molar-refractivity contribution is 7.28. The Balaban J connectivity index is 2.37. The summed E-state index contributed by atoms with van der Waals surface area (Å²) in [5.41, 5.74) is 0. The second-order valence-corrected chi connectivity index (χ2v) is 15.9. The minimum absolute atomic E-state index is 1.21. The van der Waals surface area contributed by atoms with Gasteiger partial charge in [0.15, 0.2) is 0 Å². The number of hydrogen-bond acceptors (Lipinski definition) is 1. The molecule has 1 nitrogen and oxygen atoms in total. The van der Waals surface area contributed by atoms with Crippen molar-refractivity contribution in [2.45, 2.75) is 32.1 Å². The second kappa shape index (κ2) is 4.29. The van der Waals surface area contributed by atoms with E-state index in [2.05, 4.69) is 54.2 Å². The van der Waals surface area contributed by atoms with Crippen molar-refractivity contribution in [2.75, 3.05) is 6.54 Å². The molecule has 16 heavy (non-hydrogen) atoms. The van der Waals surface area contributed by atoms with Gasteiger partial charge in [0, 0.05) is 0 Å². The fraction of sp³-hybridized carbons (Fsp3) is 0.500. The summed E-state index contributed by atoms with van der Waals surface area (Å²) in [4.78, 5) is 0. The van der Waals surface area contributed by atoms with Gasteiger partial charge in [-0.2, -0.15) is 0 Å². The summed E-state index contributed by atoms with van der Waals surface area (Å²) in [6.07, 6.45) is 1.27. The molecule has 1 aliphatic rings. The van der Waals surface area contributed by atoms with Crippen LogP contribution in [0.2, 0.25) is 25.7 Å². The lowest BCUT2D eigenvalue weighted by molar-refractivity contribution is 0.673. The van der Waals surface area contributed by atoms with Gasteiger partial charge in [0.25, 0.3) is 7.55 Å². The monoisotopic (exact) mass is 269 g/mol. The Bertz CT molecular complexity index is 363. The molecule has 0 spiro atoms. The lowest BCUT2D eigenvalue weighted by Crippen LogP contribution is -2.63. The Morgan fingerprint density at radius 1 is 1.19 bits per heavy atom. The van der Waals surface area contributed by atoms with Crippen LogP contribution in [0.15, 0.2) is 30.3 Å². The largest absolute Gasteiger partial charge is 0.330 e. The zero-order chi connectivity index (χ0) is 11.8. The van der Waals surface area contributed by atoms with Crippen LogP contribution in [0, 0.1) is 0 Å². The van der Waals surface area contributed by atoms with Crippen LogP contribution in [-0.2, 0) is 0 Å². The molecule has 0 N–H and O–H groups in total. The summed E-state index contributed by atoms with van der Waals surface area (Å²) >= 11 is 7.05.